The fourth-order valence-electron chi connectivity index (χ4n) is 1.87. The van der Waals surface area contributed by atoms with Gasteiger partial charge in [0.2, 0.25) is 0 Å². The summed E-state index contributed by atoms with van der Waals surface area (Å²) >= 11 is 3.31. The predicted octanol–water partition coefficient (Wildman–Crippen LogP) is 2.56. The second-order valence-corrected chi connectivity index (χ2v) is 5.93. The first-order chi connectivity index (χ1) is 8.19. The molecule has 0 amide bonds. The number of hydrogen-bond acceptors (Lipinski definition) is 4. The molecule has 0 saturated carbocycles. The molecule has 1 aromatic rings. The van der Waals surface area contributed by atoms with Gasteiger partial charge in [-0.15, -0.1) is 0 Å². The van der Waals surface area contributed by atoms with E-state index < -0.39 is 5.60 Å². The van der Waals surface area contributed by atoms with Crippen molar-refractivity contribution in [3.8, 4) is 0 Å². The van der Waals surface area contributed by atoms with Crippen LogP contribution in [0.15, 0.2) is 22.7 Å². The molecule has 0 radical (unpaired) electrons. The highest BCUT2D eigenvalue weighted by Crippen LogP contribution is 2.24. The third-order valence-electron chi connectivity index (χ3n) is 2.34. The number of nitro benzene ring substituents is 1. The minimum absolute atomic E-state index is 0.0980. The van der Waals surface area contributed by atoms with Crippen LogP contribution in [0.2, 0.25) is 0 Å². The van der Waals surface area contributed by atoms with Gasteiger partial charge in [0, 0.05) is 29.2 Å². The van der Waals surface area contributed by atoms with Crippen molar-refractivity contribution in [1.29, 1.82) is 0 Å². The molecule has 0 heterocycles. The maximum Gasteiger partial charge on any atom is 0.273 e. The van der Waals surface area contributed by atoms with Crippen molar-refractivity contribution in [3.05, 3.63) is 38.3 Å². The molecule has 0 saturated heterocycles. The first-order valence-electron chi connectivity index (χ1n) is 5.53. The fraction of sp³-hybridized carbons (Fsp3) is 0.500. The average Bonchev–Trinajstić information content (AvgIpc) is 2.13. The van der Waals surface area contributed by atoms with E-state index in [-0.39, 0.29) is 10.6 Å². The van der Waals surface area contributed by atoms with Gasteiger partial charge < -0.3 is 5.11 Å². The summed E-state index contributed by atoms with van der Waals surface area (Å²) in [5, 5.41) is 20.6. The van der Waals surface area contributed by atoms with Crippen molar-refractivity contribution < 1.29 is 10.0 Å². The zero-order valence-electron chi connectivity index (χ0n) is 10.7. The Morgan fingerprint density at radius 1 is 1.50 bits per heavy atom. The molecule has 0 spiro atoms. The number of rotatable bonds is 5. The predicted molar refractivity (Wildman–Crippen MR) is 73.4 cm³/mol. The normalized spacial score (nSPS) is 11.9. The zero-order valence-corrected chi connectivity index (χ0v) is 12.3. The lowest BCUT2D eigenvalue weighted by atomic mass is 10.1. The van der Waals surface area contributed by atoms with Crippen molar-refractivity contribution in [1.82, 2.24) is 4.90 Å². The molecule has 0 bridgehead atoms. The second kappa shape index (κ2) is 5.77. The average molecular weight is 317 g/mol. The number of likely N-dealkylation sites (N-methyl/N-ethyl adjacent to an activating group) is 1. The Labute approximate surface area is 115 Å². The highest BCUT2D eigenvalue weighted by atomic mass is 79.9. The van der Waals surface area contributed by atoms with E-state index in [2.05, 4.69) is 15.9 Å². The highest BCUT2D eigenvalue weighted by molar-refractivity contribution is 9.10. The number of halogens is 1. The molecule has 0 aliphatic carbocycles. The minimum Gasteiger partial charge on any atom is -0.389 e. The zero-order chi connectivity index (χ0) is 13.9. The molecule has 0 fully saturated rings. The first kappa shape index (κ1) is 15.1. The maximum atomic E-state index is 10.9. The lowest BCUT2D eigenvalue weighted by Crippen LogP contribution is -2.35. The Kier molecular flexibility index (Phi) is 4.84. The Bertz CT molecular complexity index is 443. The van der Waals surface area contributed by atoms with Crippen molar-refractivity contribution in [3.63, 3.8) is 0 Å². The molecule has 0 aliphatic rings. The van der Waals surface area contributed by atoms with Crippen molar-refractivity contribution >= 4 is 21.6 Å². The van der Waals surface area contributed by atoms with Gasteiger partial charge in [-0.25, -0.2) is 0 Å². The lowest BCUT2D eigenvalue weighted by molar-refractivity contribution is -0.385. The van der Waals surface area contributed by atoms with Gasteiger partial charge in [0.25, 0.3) is 5.69 Å². The molecule has 0 atom stereocenters. The van der Waals surface area contributed by atoms with E-state index in [1.807, 2.05) is 11.9 Å². The first-order valence-corrected chi connectivity index (χ1v) is 6.32. The lowest BCUT2D eigenvalue weighted by Gasteiger charge is -2.25. The molecule has 6 heteroatoms. The summed E-state index contributed by atoms with van der Waals surface area (Å²) < 4.78 is 0.805. The summed E-state index contributed by atoms with van der Waals surface area (Å²) in [6, 6.07) is 4.87. The third kappa shape index (κ3) is 4.72. The Balaban J connectivity index is 2.89. The molecular formula is C12H17BrN2O3. The van der Waals surface area contributed by atoms with Gasteiger partial charge in [0.1, 0.15) is 0 Å². The summed E-state index contributed by atoms with van der Waals surface area (Å²) in [5.41, 5.74) is -0.0999. The molecule has 100 valence electrons. The van der Waals surface area contributed by atoms with E-state index in [9.17, 15) is 15.2 Å². The number of nitro groups is 1. The number of benzene rings is 1. The van der Waals surface area contributed by atoms with Gasteiger partial charge in [-0.05, 0) is 33.0 Å². The van der Waals surface area contributed by atoms with Crippen LogP contribution in [0, 0.1) is 10.1 Å². The SMILES string of the molecule is CN(Cc1cc(Br)ccc1[N+](=O)[O-])CC(C)(C)O. The molecule has 0 aromatic heterocycles. The monoisotopic (exact) mass is 316 g/mol. The molecule has 0 unspecified atom stereocenters. The molecule has 1 aromatic carbocycles. The quantitative estimate of drug-likeness (QED) is 0.669. The molecule has 1 rings (SSSR count). The van der Waals surface area contributed by atoms with E-state index >= 15 is 0 Å². The van der Waals surface area contributed by atoms with E-state index in [1.165, 1.54) is 6.07 Å². The van der Waals surface area contributed by atoms with E-state index in [4.69, 9.17) is 0 Å². The summed E-state index contributed by atoms with van der Waals surface area (Å²) in [7, 11) is 1.82. The molecule has 1 N–H and O–H groups in total. The smallest absolute Gasteiger partial charge is 0.273 e. The van der Waals surface area contributed by atoms with Crippen LogP contribution in [0.25, 0.3) is 0 Å². The van der Waals surface area contributed by atoms with Gasteiger partial charge in [-0.2, -0.15) is 0 Å². The maximum absolute atomic E-state index is 10.9. The summed E-state index contributed by atoms with van der Waals surface area (Å²) in [4.78, 5) is 12.4. The Morgan fingerprint density at radius 2 is 2.11 bits per heavy atom. The van der Waals surface area contributed by atoms with Crippen LogP contribution in [0.3, 0.4) is 0 Å². The number of nitrogens with zero attached hydrogens (tertiary/aromatic N) is 2. The van der Waals surface area contributed by atoms with Crippen molar-refractivity contribution in [2.75, 3.05) is 13.6 Å². The minimum atomic E-state index is -0.824. The summed E-state index contributed by atoms with van der Waals surface area (Å²) in [6.45, 7) is 4.27. The topological polar surface area (TPSA) is 66.6 Å². The number of aliphatic hydroxyl groups is 1. The fourth-order valence-corrected chi connectivity index (χ4v) is 2.27. The third-order valence-corrected chi connectivity index (χ3v) is 2.83. The van der Waals surface area contributed by atoms with Crippen LogP contribution >= 0.6 is 15.9 Å². The summed E-state index contributed by atoms with van der Waals surface area (Å²) in [5.74, 6) is 0. The van der Waals surface area contributed by atoms with Crippen LogP contribution < -0.4 is 0 Å². The molecule has 5 nitrogen and oxygen atoms in total. The molecule has 0 aliphatic heterocycles. The number of hydrogen-bond donors (Lipinski definition) is 1. The van der Waals surface area contributed by atoms with Gasteiger partial charge in [0.15, 0.2) is 0 Å². The van der Waals surface area contributed by atoms with Crippen molar-refractivity contribution in [2.24, 2.45) is 0 Å². The molecule has 18 heavy (non-hydrogen) atoms. The van der Waals surface area contributed by atoms with Crippen LogP contribution in [-0.4, -0.2) is 34.1 Å². The Hall–Kier alpha value is -0.980. The standard InChI is InChI=1S/C12H17BrN2O3/c1-12(2,16)8-14(3)7-9-6-10(13)4-5-11(9)15(17)18/h4-6,16H,7-8H2,1-3H3. The van der Waals surface area contributed by atoms with E-state index in [0.29, 0.717) is 18.7 Å². The molecular weight excluding hydrogens is 300 g/mol. The second-order valence-electron chi connectivity index (χ2n) is 5.01. The largest absolute Gasteiger partial charge is 0.389 e. The van der Waals surface area contributed by atoms with Gasteiger partial charge in [0.05, 0.1) is 10.5 Å². The van der Waals surface area contributed by atoms with Gasteiger partial charge >= 0.3 is 0 Å². The van der Waals surface area contributed by atoms with Crippen LogP contribution in [0.1, 0.15) is 19.4 Å². The summed E-state index contributed by atoms with van der Waals surface area (Å²) in [6.07, 6.45) is 0. The van der Waals surface area contributed by atoms with Gasteiger partial charge in [-0.3, -0.25) is 15.0 Å². The Morgan fingerprint density at radius 3 is 2.61 bits per heavy atom. The van der Waals surface area contributed by atoms with Crippen molar-refractivity contribution in [2.45, 2.75) is 26.0 Å². The van der Waals surface area contributed by atoms with Crippen LogP contribution in [0.5, 0.6) is 0 Å². The van der Waals surface area contributed by atoms with Crippen LogP contribution in [-0.2, 0) is 6.54 Å². The van der Waals surface area contributed by atoms with Gasteiger partial charge in [-0.1, -0.05) is 15.9 Å². The van der Waals surface area contributed by atoms with Crippen LogP contribution in [0.4, 0.5) is 5.69 Å². The van der Waals surface area contributed by atoms with E-state index in [0.717, 1.165) is 4.47 Å². The van der Waals surface area contributed by atoms with E-state index in [1.54, 1.807) is 26.0 Å². The highest BCUT2D eigenvalue weighted by Gasteiger charge is 2.19.